The molecule has 9 nitrogen and oxygen atoms in total. The molecule has 5 rings (SSSR count). The normalized spacial score (nSPS) is 21.4. The Morgan fingerprint density at radius 2 is 1.68 bits per heavy atom. The van der Waals surface area contributed by atoms with Crippen molar-refractivity contribution in [1.29, 1.82) is 0 Å². The third kappa shape index (κ3) is 5.32. The maximum atomic E-state index is 12.9. The van der Waals surface area contributed by atoms with E-state index in [1.165, 1.54) is 30.2 Å². The highest BCUT2D eigenvalue weighted by Crippen LogP contribution is 2.34. The van der Waals surface area contributed by atoms with Gasteiger partial charge >= 0.3 is 0 Å². The molecule has 2 aliphatic heterocycles. The quantitative estimate of drug-likeness (QED) is 0.444. The van der Waals surface area contributed by atoms with Crippen LogP contribution in [0.2, 0.25) is 0 Å². The monoisotopic (exact) mass is 551 g/mol. The molecule has 1 saturated heterocycles. The first-order valence-corrected chi connectivity index (χ1v) is 14.5. The number of morpholine rings is 1. The highest BCUT2D eigenvalue weighted by molar-refractivity contribution is 8.18. The molecule has 2 unspecified atom stereocenters. The zero-order valence-electron chi connectivity index (χ0n) is 21.6. The van der Waals surface area contributed by atoms with Crippen molar-refractivity contribution in [2.45, 2.75) is 31.0 Å². The zero-order valence-corrected chi connectivity index (χ0v) is 23.2. The van der Waals surface area contributed by atoms with Crippen LogP contribution in [0.3, 0.4) is 0 Å². The second-order valence-corrected chi connectivity index (χ2v) is 12.7. The lowest BCUT2D eigenvalue weighted by molar-refractivity contribution is -0.113. The maximum Gasteiger partial charge on any atom is 0.286 e. The average Bonchev–Trinajstić information content (AvgIpc) is 3.48. The molecule has 0 aliphatic carbocycles. The number of amidine groups is 1. The Bertz CT molecular complexity index is 1500. The number of aliphatic imine (C=N–C) groups is 1. The van der Waals surface area contributed by atoms with Gasteiger partial charge in [0.2, 0.25) is 10.0 Å². The van der Waals surface area contributed by atoms with Crippen LogP contribution in [0.15, 0.2) is 75.6 Å². The molecule has 0 saturated carbocycles. The molecule has 3 heterocycles. The summed E-state index contributed by atoms with van der Waals surface area (Å²) in [6.07, 6.45) is 3.79. The molecular formula is C27H29N5O4S2. The van der Waals surface area contributed by atoms with E-state index in [9.17, 15) is 13.2 Å². The summed E-state index contributed by atoms with van der Waals surface area (Å²) >= 11 is 1.35. The van der Waals surface area contributed by atoms with Crippen molar-refractivity contribution in [3.8, 4) is 16.9 Å². The van der Waals surface area contributed by atoms with Gasteiger partial charge in [0.05, 0.1) is 33.4 Å². The van der Waals surface area contributed by atoms with Crippen LogP contribution in [-0.2, 0) is 19.6 Å². The van der Waals surface area contributed by atoms with Crippen molar-refractivity contribution < 1.29 is 17.9 Å². The lowest BCUT2D eigenvalue weighted by Crippen LogP contribution is -2.47. The summed E-state index contributed by atoms with van der Waals surface area (Å²) in [7, 11) is -0.556. The van der Waals surface area contributed by atoms with Crippen LogP contribution in [0.25, 0.3) is 23.0 Å². The summed E-state index contributed by atoms with van der Waals surface area (Å²) in [6.45, 7) is 5.38. The highest BCUT2D eigenvalue weighted by Gasteiger charge is 2.31. The summed E-state index contributed by atoms with van der Waals surface area (Å²) in [4.78, 5) is 20.0. The number of carbonyl (C=O) groups is 1. The van der Waals surface area contributed by atoms with Crippen LogP contribution in [-0.4, -0.2) is 77.9 Å². The van der Waals surface area contributed by atoms with E-state index in [-0.39, 0.29) is 23.0 Å². The van der Waals surface area contributed by atoms with E-state index in [0.717, 1.165) is 16.8 Å². The van der Waals surface area contributed by atoms with Gasteiger partial charge in [-0.25, -0.2) is 17.4 Å². The smallest absolute Gasteiger partial charge is 0.286 e. The van der Waals surface area contributed by atoms with Gasteiger partial charge < -0.3 is 9.64 Å². The number of para-hydroxylation sites is 1. The third-order valence-corrected chi connectivity index (χ3v) is 9.13. The number of nitrogens with zero attached hydrogens (tertiary/aromatic N) is 5. The molecule has 0 N–H and O–H groups in total. The number of hydrogen-bond acceptors (Lipinski definition) is 7. The number of rotatable bonds is 5. The number of ether oxygens (including phenoxy) is 1. The van der Waals surface area contributed by atoms with Crippen molar-refractivity contribution in [2.75, 3.05) is 27.2 Å². The van der Waals surface area contributed by atoms with Crippen LogP contribution in [0, 0.1) is 0 Å². The summed E-state index contributed by atoms with van der Waals surface area (Å²) in [5.41, 5.74) is 2.96. The van der Waals surface area contributed by atoms with Crippen molar-refractivity contribution in [2.24, 2.45) is 4.99 Å². The minimum atomic E-state index is -3.56. The van der Waals surface area contributed by atoms with Gasteiger partial charge in [0.25, 0.3) is 5.91 Å². The summed E-state index contributed by atoms with van der Waals surface area (Å²) in [5, 5.41) is 5.48. The Labute approximate surface area is 226 Å². The largest absolute Gasteiger partial charge is 0.372 e. The predicted molar refractivity (Wildman–Crippen MR) is 149 cm³/mol. The van der Waals surface area contributed by atoms with Gasteiger partial charge in [-0.15, -0.1) is 0 Å². The molecular weight excluding hydrogens is 522 g/mol. The van der Waals surface area contributed by atoms with Crippen molar-refractivity contribution >= 4 is 38.9 Å². The summed E-state index contributed by atoms with van der Waals surface area (Å²) in [5.74, 6) is -0.289. The number of amides is 1. The van der Waals surface area contributed by atoms with E-state index in [1.807, 2.05) is 56.5 Å². The molecule has 2 aliphatic rings. The van der Waals surface area contributed by atoms with E-state index in [1.54, 1.807) is 28.9 Å². The van der Waals surface area contributed by atoms with Gasteiger partial charge in [0.1, 0.15) is 0 Å². The fourth-order valence-electron chi connectivity index (χ4n) is 4.43. The SMILES string of the molecule is CC1CN(C2=NC(=O)/C(=C/c3cn(-c4ccccc4)nc3-c3ccc(S(=O)(=O)N(C)C)cc3)S2)CC(C)O1. The Kier molecular flexibility index (Phi) is 7.28. The number of sulfonamides is 1. The average molecular weight is 552 g/mol. The summed E-state index contributed by atoms with van der Waals surface area (Å²) in [6, 6.07) is 16.3. The zero-order chi connectivity index (χ0) is 27.0. The molecule has 0 radical (unpaired) electrons. The van der Waals surface area contributed by atoms with Crippen LogP contribution in [0.5, 0.6) is 0 Å². The Balaban J connectivity index is 1.50. The minimum absolute atomic E-state index is 0.0557. The Hall–Kier alpha value is -3.25. The molecule has 2 atom stereocenters. The molecule has 0 bridgehead atoms. The van der Waals surface area contributed by atoms with E-state index < -0.39 is 10.0 Å². The second kappa shape index (κ2) is 10.5. The Morgan fingerprint density at radius 1 is 1.03 bits per heavy atom. The van der Waals surface area contributed by atoms with E-state index >= 15 is 0 Å². The van der Waals surface area contributed by atoms with Crippen LogP contribution in [0.1, 0.15) is 19.4 Å². The molecule has 1 fully saturated rings. The fraction of sp³-hybridized carbons (Fsp3) is 0.296. The van der Waals surface area contributed by atoms with Gasteiger partial charge in [-0.1, -0.05) is 30.3 Å². The van der Waals surface area contributed by atoms with E-state index in [2.05, 4.69) is 9.89 Å². The van der Waals surface area contributed by atoms with Crippen LogP contribution in [0.4, 0.5) is 0 Å². The fourth-order valence-corrected chi connectivity index (χ4v) is 6.26. The lowest BCUT2D eigenvalue weighted by Gasteiger charge is -2.35. The predicted octanol–water partition coefficient (Wildman–Crippen LogP) is 3.87. The van der Waals surface area contributed by atoms with Crippen molar-refractivity contribution in [3.63, 3.8) is 0 Å². The van der Waals surface area contributed by atoms with Crippen molar-refractivity contribution in [1.82, 2.24) is 19.0 Å². The molecule has 11 heteroatoms. The molecule has 0 spiro atoms. The minimum Gasteiger partial charge on any atom is -0.372 e. The van der Waals surface area contributed by atoms with Gasteiger partial charge in [-0.2, -0.15) is 10.1 Å². The number of hydrogen-bond donors (Lipinski definition) is 0. The first-order valence-electron chi connectivity index (χ1n) is 12.2. The van der Waals surface area contributed by atoms with Crippen LogP contribution >= 0.6 is 11.8 Å². The molecule has 3 aromatic rings. The number of benzene rings is 2. The highest BCUT2D eigenvalue weighted by atomic mass is 32.2. The molecule has 198 valence electrons. The van der Waals surface area contributed by atoms with E-state index in [4.69, 9.17) is 9.84 Å². The van der Waals surface area contributed by atoms with Crippen molar-refractivity contribution in [3.05, 3.63) is 71.3 Å². The number of carbonyl (C=O) groups excluding carboxylic acids is 1. The molecule has 1 aromatic heterocycles. The van der Waals surface area contributed by atoms with Crippen LogP contribution < -0.4 is 0 Å². The molecule has 2 aromatic carbocycles. The second-order valence-electron chi connectivity index (χ2n) is 9.50. The third-order valence-electron chi connectivity index (χ3n) is 6.26. The molecule has 38 heavy (non-hydrogen) atoms. The lowest BCUT2D eigenvalue weighted by atomic mass is 10.1. The van der Waals surface area contributed by atoms with E-state index in [0.29, 0.717) is 28.9 Å². The first-order chi connectivity index (χ1) is 18.1. The topological polar surface area (TPSA) is 97.1 Å². The molecule has 1 amide bonds. The standard InChI is InChI=1S/C27H29N5O4S2/c1-18-15-31(16-19(2)36-18)27-28-26(33)24(37-27)14-21-17-32(22-8-6-5-7-9-22)29-25(21)20-10-12-23(13-11-20)38(34,35)30(3)4/h5-14,17-19H,15-16H2,1-4H3/b24-14-. The maximum absolute atomic E-state index is 12.9. The van der Waals surface area contributed by atoms with Gasteiger partial charge in [-0.3, -0.25) is 4.79 Å². The number of aromatic nitrogens is 2. The number of thioether (sulfide) groups is 1. The summed E-state index contributed by atoms with van der Waals surface area (Å²) < 4.78 is 33.8. The first kappa shape index (κ1) is 26.4. The van der Waals surface area contributed by atoms with Gasteiger partial charge in [-0.05, 0) is 56.0 Å². The van der Waals surface area contributed by atoms with Gasteiger partial charge in [0, 0.05) is 44.5 Å². The Morgan fingerprint density at radius 3 is 2.32 bits per heavy atom. The van der Waals surface area contributed by atoms with Gasteiger partial charge in [0.15, 0.2) is 5.17 Å².